The predicted octanol–water partition coefficient (Wildman–Crippen LogP) is 1.72. The molecule has 2 amide bonds. The molecule has 0 bridgehead atoms. The molecule has 2 atom stereocenters. The fourth-order valence-electron chi connectivity index (χ4n) is 3.61. The van der Waals surface area contributed by atoms with Crippen molar-refractivity contribution >= 4 is 6.03 Å². The van der Waals surface area contributed by atoms with Gasteiger partial charge in [0.1, 0.15) is 12.4 Å². The monoisotopic (exact) mass is 341 g/mol. The average Bonchev–Trinajstić information content (AvgIpc) is 3.11. The number of hydrogen-bond acceptors (Lipinski definition) is 4. The molecule has 7 heteroatoms. The van der Waals surface area contributed by atoms with E-state index in [1.165, 1.54) is 11.1 Å². The third-order valence-electron chi connectivity index (χ3n) is 5.09. The van der Waals surface area contributed by atoms with E-state index in [4.69, 9.17) is 4.74 Å². The number of benzene rings is 1. The number of morpholine rings is 1. The molecular formula is C18H23N5O2. The summed E-state index contributed by atoms with van der Waals surface area (Å²) >= 11 is 0. The van der Waals surface area contributed by atoms with Gasteiger partial charge in [-0.15, -0.1) is 10.2 Å². The molecule has 1 aromatic carbocycles. The number of hydrogen-bond donors (Lipinski definition) is 1. The minimum absolute atomic E-state index is 0.0276. The molecule has 1 N–H and O–H groups in total. The summed E-state index contributed by atoms with van der Waals surface area (Å²) in [5.74, 6) is 1.22. The summed E-state index contributed by atoms with van der Waals surface area (Å²) in [6.45, 7) is 5.13. The minimum atomic E-state index is -0.216. The van der Waals surface area contributed by atoms with E-state index in [-0.39, 0.29) is 12.1 Å². The molecule has 0 radical (unpaired) electrons. The zero-order valence-corrected chi connectivity index (χ0v) is 14.4. The van der Waals surface area contributed by atoms with Crippen LogP contribution in [0.1, 0.15) is 35.9 Å². The summed E-state index contributed by atoms with van der Waals surface area (Å²) in [5, 5.41) is 11.2. The van der Waals surface area contributed by atoms with Gasteiger partial charge in [-0.2, -0.15) is 0 Å². The Bertz CT molecular complexity index is 759. The van der Waals surface area contributed by atoms with Crippen LogP contribution in [0.25, 0.3) is 0 Å². The lowest BCUT2D eigenvalue weighted by Gasteiger charge is -2.34. The first-order valence-corrected chi connectivity index (χ1v) is 8.86. The van der Waals surface area contributed by atoms with Crippen LogP contribution in [0.4, 0.5) is 4.79 Å². The second-order valence-corrected chi connectivity index (χ2v) is 6.57. The molecule has 7 nitrogen and oxygen atoms in total. The van der Waals surface area contributed by atoms with Gasteiger partial charge in [-0.1, -0.05) is 24.3 Å². The molecule has 1 saturated heterocycles. The number of fused-ring (bicyclic) bond motifs is 1. The van der Waals surface area contributed by atoms with Crippen molar-refractivity contribution in [3.8, 4) is 0 Å². The Balaban J connectivity index is 1.33. The van der Waals surface area contributed by atoms with E-state index in [0.29, 0.717) is 32.2 Å². The van der Waals surface area contributed by atoms with Gasteiger partial charge in [-0.05, 0) is 24.5 Å². The van der Waals surface area contributed by atoms with E-state index in [1.54, 1.807) is 6.33 Å². The second-order valence-electron chi connectivity index (χ2n) is 6.57. The number of ether oxygens (including phenoxy) is 1. The number of carbonyl (C=O) groups excluding carboxylic acids is 1. The third-order valence-corrected chi connectivity index (χ3v) is 5.09. The van der Waals surface area contributed by atoms with Gasteiger partial charge >= 0.3 is 6.03 Å². The van der Waals surface area contributed by atoms with Gasteiger partial charge in [-0.3, -0.25) is 0 Å². The van der Waals surface area contributed by atoms with Crippen LogP contribution < -0.4 is 5.32 Å². The van der Waals surface area contributed by atoms with Gasteiger partial charge in [0, 0.05) is 25.6 Å². The number of aryl methyl sites for hydroxylation is 1. The van der Waals surface area contributed by atoms with Crippen LogP contribution in [0.15, 0.2) is 30.6 Å². The Morgan fingerprint density at radius 1 is 1.40 bits per heavy atom. The van der Waals surface area contributed by atoms with Gasteiger partial charge in [-0.25, -0.2) is 4.79 Å². The number of aromatic nitrogens is 3. The van der Waals surface area contributed by atoms with Crippen LogP contribution in [-0.2, 0) is 17.7 Å². The Morgan fingerprint density at radius 2 is 2.28 bits per heavy atom. The zero-order valence-electron chi connectivity index (χ0n) is 14.4. The molecule has 1 fully saturated rings. The van der Waals surface area contributed by atoms with Crippen molar-refractivity contribution in [2.45, 2.75) is 31.9 Å². The van der Waals surface area contributed by atoms with E-state index in [1.807, 2.05) is 16.4 Å². The van der Waals surface area contributed by atoms with Gasteiger partial charge in [0.05, 0.1) is 13.2 Å². The first-order chi connectivity index (χ1) is 12.3. The molecule has 1 aliphatic carbocycles. The normalized spacial score (nSPS) is 22.2. The van der Waals surface area contributed by atoms with Gasteiger partial charge < -0.3 is 19.5 Å². The minimum Gasteiger partial charge on any atom is -0.366 e. The molecule has 1 aliphatic heterocycles. The van der Waals surface area contributed by atoms with Crippen LogP contribution >= 0.6 is 0 Å². The zero-order chi connectivity index (χ0) is 17.2. The maximum atomic E-state index is 12.5. The van der Waals surface area contributed by atoms with E-state index < -0.39 is 0 Å². The highest BCUT2D eigenvalue weighted by molar-refractivity contribution is 5.74. The van der Waals surface area contributed by atoms with Crippen LogP contribution in [0, 0.1) is 0 Å². The first-order valence-electron chi connectivity index (χ1n) is 8.86. The topological polar surface area (TPSA) is 72.3 Å². The van der Waals surface area contributed by atoms with Crippen LogP contribution in [0.2, 0.25) is 0 Å². The fourth-order valence-corrected chi connectivity index (χ4v) is 3.61. The average molecular weight is 341 g/mol. The Kier molecular flexibility index (Phi) is 4.40. The van der Waals surface area contributed by atoms with Gasteiger partial charge in [0.15, 0.2) is 5.82 Å². The highest BCUT2D eigenvalue weighted by Crippen LogP contribution is 2.34. The molecule has 132 valence electrons. The molecule has 4 rings (SSSR count). The number of urea groups is 1. The number of amides is 2. The lowest BCUT2D eigenvalue weighted by Crippen LogP contribution is -2.48. The molecule has 0 unspecified atom stereocenters. The van der Waals surface area contributed by atoms with E-state index in [9.17, 15) is 4.79 Å². The summed E-state index contributed by atoms with van der Waals surface area (Å²) in [5.41, 5.74) is 2.76. The van der Waals surface area contributed by atoms with Crippen LogP contribution in [-0.4, -0.2) is 51.9 Å². The standard InChI is InChI=1S/C18H23N5O2/c1-2-22-12-20-21-17(22)16-11-23(7-8-25-16)18(24)19-10-14-9-13-5-3-4-6-15(13)14/h3-6,12,14,16H,2,7-11H2,1H3,(H,19,24)/t14-,16-/m0/s1. The highest BCUT2D eigenvalue weighted by Gasteiger charge is 2.30. The first kappa shape index (κ1) is 16.1. The number of nitrogens with zero attached hydrogens (tertiary/aromatic N) is 4. The summed E-state index contributed by atoms with van der Waals surface area (Å²) in [4.78, 5) is 14.4. The lowest BCUT2D eigenvalue weighted by atomic mass is 9.78. The fraction of sp³-hybridized carbons (Fsp3) is 0.500. The Labute approximate surface area is 147 Å². The molecule has 1 aromatic heterocycles. The molecule has 0 saturated carbocycles. The van der Waals surface area contributed by atoms with E-state index >= 15 is 0 Å². The van der Waals surface area contributed by atoms with Crippen LogP contribution in [0.5, 0.6) is 0 Å². The molecule has 2 heterocycles. The number of rotatable bonds is 4. The second kappa shape index (κ2) is 6.84. The van der Waals surface area contributed by atoms with E-state index in [2.05, 4.69) is 39.8 Å². The van der Waals surface area contributed by atoms with Crippen molar-refractivity contribution in [2.75, 3.05) is 26.2 Å². The van der Waals surface area contributed by atoms with E-state index in [0.717, 1.165) is 18.8 Å². The summed E-state index contributed by atoms with van der Waals surface area (Å²) in [6, 6.07) is 8.40. The lowest BCUT2D eigenvalue weighted by molar-refractivity contribution is -0.0218. The summed E-state index contributed by atoms with van der Waals surface area (Å²) in [7, 11) is 0. The maximum Gasteiger partial charge on any atom is 0.317 e. The van der Waals surface area contributed by atoms with Crippen LogP contribution in [0.3, 0.4) is 0 Å². The molecular weight excluding hydrogens is 318 g/mol. The Hall–Kier alpha value is -2.41. The number of nitrogens with one attached hydrogen (secondary N) is 1. The molecule has 2 aromatic rings. The van der Waals surface area contributed by atoms with Crippen molar-refractivity contribution < 1.29 is 9.53 Å². The van der Waals surface area contributed by atoms with Crippen molar-refractivity contribution in [3.63, 3.8) is 0 Å². The van der Waals surface area contributed by atoms with Crippen molar-refractivity contribution in [1.29, 1.82) is 0 Å². The largest absolute Gasteiger partial charge is 0.366 e. The summed E-state index contributed by atoms with van der Waals surface area (Å²) in [6.07, 6.45) is 2.53. The molecule has 25 heavy (non-hydrogen) atoms. The smallest absolute Gasteiger partial charge is 0.317 e. The van der Waals surface area contributed by atoms with Crippen molar-refractivity contribution in [3.05, 3.63) is 47.5 Å². The maximum absolute atomic E-state index is 12.5. The van der Waals surface area contributed by atoms with Gasteiger partial charge in [0.25, 0.3) is 0 Å². The van der Waals surface area contributed by atoms with Crippen molar-refractivity contribution in [1.82, 2.24) is 25.0 Å². The van der Waals surface area contributed by atoms with Gasteiger partial charge in [0.2, 0.25) is 0 Å². The third kappa shape index (κ3) is 3.11. The Morgan fingerprint density at radius 3 is 3.12 bits per heavy atom. The summed E-state index contributed by atoms with van der Waals surface area (Å²) < 4.78 is 7.76. The number of carbonyl (C=O) groups is 1. The quantitative estimate of drug-likeness (QED) is 0.919. The van der Waals surface area contributed by atoms with Crippen molar-refractivity contribution in [2.24, 2.45) is 0 Å². The predicted molar refractivity (Wildman–Crippen MR) is 92.2 cm³/mol. The highest BCUT2D eigenvalue weighted by atomic mass is 16.5. The SMILES string of the molecule is CCn1cnnc1[C@@H]1CN(C(=O)NC[C@@H]2Cc3ccccc32)CCO1. The molecule has 2 aliphatic rings. The molecule has 0 spiro atoms.